The number of fused-ring (bicyclic) bond motifs is 5. The summed E-state index contributed by atoms with van der Waals surface area (Å²) in [6.07, 6.45) is 8.31. The van der Waals surface area contributed by atoms with Gasteiger partial charge in [0.2, 0.25) is 12.5 Å². The van der Waals surface area contributed by atoms with E-state index >= 15 is 0 Å². The molecule has 6 rings (SSSR count). The highest BCUT2D eigenvalue weighted by atomic mass is 16.7. The van der Waals surface area contributed by atoms with Gasteiger partial charge in [0.25, 0.3) is 0 Å². The van der Waals surface area contributed by atoms with Gasteiger partial charge in [0.1, 0.15) is 0 Å². The molecule has 2 aromatic carbocycles. The molecule has 0 unspecified atom stereocenters. The molecular formula is C28H28N2O4+2. The minimum atomic E-state index is 0.291. The first-order valence-electron chi connectivity index (χ1n) is 11.8. The van der Waals surface area contributed by atoms with Gasteiger partial charge in [-0.1, -0.05) is 0 Å². The summed E-state index contributed by atoms with van der Waals surface area (Å²) in [5, 5.41) is 2.19. The fraction of sp³-hybridized carbons (Fsp3) is 0.286. The van der Waals surface area contributed by atoms with Crippen LogP contribution in [0.15, 0.2) is 61.1 Å². The fourth-order valence-corrected chi connectivity index (χ4v) is 4.92. The summed E-state index contributed by atoms with van der Waals surface area (Å²) in [4.78, 5) is 0. The number of ether oxygens (including phenoxy) is 4. The second-order valence-corrected chi connectivity index (χ2v) is 8.89. The van der Waals surface area contributed by atoms with Crippen LogP contribution in [-0.2, 0) is 19.5 Å². The maximum absolute atomic E-state index is 6.33. The molecule has 0 spiro atoms. The maximum Gasteiger partial charge on any atom is 0.231 e. The number of benzene rings is 2. The lowest BCUT2D eigenvalue weighted by Crippen LogP contribution is -2.40. The van der Waals surface area contributed by atoms with Crippen molar-refractivity contribution in [1.82, 2.24) is 0 Å². The van der Waals surface area contributed by atoms with Crippen LogP contribution in [0.25, 0.3) is 22.0 Å². The number of nitrogens with zero attached hydrogens (tertiary/aromatic N) is 2. The zero-order valence-electron chi connectivity index (χ0n) is 19.5. The van der Waals surface area contributed by atoms with E-state index in [9.17, 15) is 0 Å². The molecule has 4 heterocycles. The molecule has 0 bridgehead atoms. The molecule has 0 radical (unpaired) electrons. The zero-order chi connectivity index (χ0) is 23.1. The highest BCUT2D eigenvalue weighted by molar-refractivity contribution is 5.91. The Morgan fingerprint density at radius 1 is 1.03 bits per heavy atom. The SMILES string of the molecule is COc1ccc2cc3[n+](cc2c1OCCC[n+]1cccc(C)c1)CCc1cc2c(cc1-3)OCO2. The van der Waals surface area contributed by atoms with Gasteiger partial charge in [0.05, 0.1) is 24.7 Å². The van der Waals surface area contributed by atoms with Crippen LogP contribution in [0.1, 0.15) is 17.5 Å². The second kappa shape index (κ2) is 8.52. The van der Waals surface area contributed by atoms with Gasteiger partial charge in [-0.2, -0.15) is 4.57 Å². The van der Waals surface area contributed by atoms with E-state index in [1.54, 1.807) is 7.11 Å². The molecule has 34 heavy (non-hydrogen) atoms. The Labute approximate surface area is 198 Å². The van der Waals surface area contributed by atoms with Crippen molar-refractivity contribution in [3.63, 3.8) is 0 Å². The highest BCUT2D eigenvalue weighted by Crippen LogP contribution is 2.41. The van der Waals surface area contributed by atoms with Crippen LogP contribution >= 0.6 is 0 Å². The van der Waals surface area contributed by atoms with Crippen LogP contribution in [-0.4, -0.2) is 20.5 Å². The van der Waals surface area contributed by atoms with E-state index in [0.29, 0.717) is 13.4 Å². The van der Waals surface area contributed by atoms with Crippen molar-refractivity contribution < 1.29 is 28.1 Å². The molecule has 0 fully saturated rings. The average molecular weight is 457 g/mol. The molecule has 6 nitrogen and oxygen atoms in total. The lowest BCUT2D eigenvalue weighted by atomic mass is 9.95. The van der Waals surface area contributed by atoms with E-state index in [1.165, 1.54) is 22.4 Å². The van der Waals surface area contributed by atoms with Crippen molar-refractivity contribution in [2.24, 2.45) is 0 Å². The summed E-state index contributed by atoms with van der Waals surface area (Å²) >= 11 is 0. The van der Waals surface area contributed by atoms with E-state index in [4.69, 9.17) is 18.9 Å². The molecule has 0 saturated carbocycles. The summed E-state index contributed by atoms with van der Waals surface area (Å²) < 4.78 is 27.7. The third-order valence-electron chi connectivity index (χ3n) is 6.61. The number of hydrogen-bond donors (Lipinski definition) is 0. The van der Waals surface area contributed by atoms with Crippen molar-refractivity contribution in [3.05, 3.63) is 72.2 Å². The summed E-state index contributed by atoms with van der Waals surface area (Å²) in [6, 6.07) is 14.8. The van der Waals surface area contributed by atoms with Crippen LogP contribution in [0.3, 0.4) is 0 Å². The molecule has 172 valence electrons. The van der Waals surface area contributed by atoms with Crippen LogP contribution < -0.4 is 28.1 Å². The van der Waals surface area contributed by atoms with E-state index in [-0.39, 0.29) is 0 Å². The van der Waals surface area contributed by atoms with Crippen LogP contribution in [0.4, 0.5) is 0 Å². The lowest BCUT2D eigenvalue weighted by Gasteiger charge is -2.18. The Kier molecular flexibility index (Phi) is 5.21. The Balaban J connectivity index is 1.31. The zero-order valence-corrected chi connectivity index (χ0v) is 19.5. The molecule has 2 aliphatic heterocycles. The van der Waals surface area contributed by atoms with Gasteiger partial charge in [0.15, 0.2) is 54.7 Å². The molecule has 2 aliphatic rings. The Morgan fingerprint density at radius 2 is 1.91 bits per heavy atom. The molecule has 0 atom stereocenters. The van der Waals surface area contributed by atoms with Crippen molar-refractivity contribution >= 4 is 10.8 Å². The standard InChI is InChI=1S/C28H28N2O4/c1-19-5-3-9-29(16-19)10-4-12-32-28-23-17-30-11-8-21-14-26-27(34-18-33-26)15-22(21)24(30)13-20(23)6-7-25(28)31-2/h3,5-7,9,13-17H,4,8,10-12,18H2,1-2H3/q+2. The normalized spacial score (nSPS) is 13.5. The molecule has 4 aromatic rings. The number of pyridine rings is 2. The molecule has 0 amide bonds. The van der Waals surface area contributed by atoms with Crippen LogP contribution in [0.5, 0.6) is 23.0 Å². The molecular weight excluding hydrogens is 428 g/mol. The number of aromatic nitrogens is 2. The predicted molar refractivity (Wildman–Crippen MR) is 127 cm³/mol. The van der Waals surface area contributed by atoms with Gasteiger partial charge >= 0.3 is 0 Å². The number of aryl methyl sites for hydroxylation is 4. The number of methoxy groups -OCH3 is 1. The van der Waals surface area contributed by atoms with E-state index in [2.05, 4.69) is 71.0 Å². The van der Waals surface area contributed by atoms with Crippen molar-refractivity contribution in [2.75, 3.05) is 20.5 Å². The van der Waals surface area contributed by atoms with E-state index in [1.807, 2.05) is 6.07 Å². The quantitative estimate of drug-likeness (QED) is 0.323. The first-order valence-corrected chi connectivity index (χ1v) is 11.8. The Bertz CT molecular complexity index is 1400. The van der Waals surface area contributed by atoms with E-state index in [0.717, 1.165) is 59.7 Å². The smallest absolute Gasteiger partial charge is 0.231 e. The van der Waals surface area contributed by atoms with Gasteiger partial charge in [-0.15, -0.1) is 0 Å². The summed E-state index contributed by atoms with van der Waals surface area (Å²) in [5.41, 5.74) is 4.93. The Hall–Kier alpha value is -3.80. The summed E-state index contributed by atoms with van der Waals surface area (Å²) in [7, 11) is 1.70. The van der Waals surface area contributed by atoms with Gasteiger partial charge in [-0.3, -0.25) is 0 Å². The third kappa shape index (κ3) is 3.69. The molecule has 0 N–H and O–H groups in total. The van der Waals surface area contributed by atoms with Crippen molar-refractivity contribution in [3.8, 4) is 34.3 Å². The van der Waals surface area contributed by atoms with Crippen molar-refractivity contribution in [1.29, 1.82) is 0 Å². The fourth-order valence-electron chi connectivity index (χ4n) is 4.92. The molecule has 0 saturated heterocycles. The number of hydrogen-bond acceptors (Lipinski definition) is 4. The first kappa shape index (κ1) is 20.8. The van der Waals surface area contributed by atoms with Gasteiger partial charge in [-0.05, 0) is 48.2 Å². The van der Waals surface area contributed by atoms with Gasteiger partial charge in [-0.25, -0.2) is 4.57 Å². The first-order chi connectivity index (χ1) is 16.7. The summed E-state index contributed by atoms with van der Waals surface area (Å²) in [5.74, 6) is 3.23. The van der Waals surface area contributed by atoms with Gasteiger partial charge in [0, 0.05) is 30.5 Å². The minimum absolute atomic E-state index is 0.291. The topological polar surface area (TPSA) is 44.7 Å². The monoisotopic (exact) mass is 456 g/mol. The lowest BCUT2D eigenvalue weighted by molar-refractivity contribution is -0.697. The average Bonchev–Trinajstić information content (AvgIpc) is 3.31. The van der Waals surface area contributed by atoms with Gasteiger partial charge < -0.3 is 18.9 Å². The maximum atomic E-state index is 6.33. The number of rotatable bonds is 6. The summed E-state index contributed by atoms with van der Waals surface area (Å²) in [6.45, 7) is 4.83. The Morgan fingerprint density at radius 3 is 2.76 bits per heavy atom. The predicted octanol–water partition coefficient (Wildman–Crippen LogP) is 4.15. The molecule has 0 aliphatic carbocycles. The third-order valence-corrected chi connectivity index (χ3v) is 6.61. The van der Waals surface area contributed by atoms with Crippen LogP contribution in [0.2, 0.25) is 0 Å². The second-order valence-electron chi connectivity index (χ2n) is 8.89. The highest BCUT2D eigenvalue weighted by Gasteiger charge is 2.28. The molecule has 2 aromatic heterocycles. The molecule has 6 heteroatoms. The minimum Gasteiger partial charge on any atom is -0.493 e. The van der Waals surface area contributed by atoms with Crippen LogP contribution in [0, 0.1) is 6.92 Å². The van der Waals surface area contributed by atoms with E-state index < -0.39 is 0 Å². The van der Waals surface area contributed by atoms with Crippen molar-refractivity contribution in [2.45, 2.75) is 32.9 Å². The largest absolute Gasteiger partial charge is 0.493 e.